The van der Waals surface area contributed by atoms with E-state index in [1.54, 1.807) is 0 Å². The molecule has 21 heavy (non-hydrogen) atoms. The summed E-state index contributed by atoms with van der Waals surface area (Å²) < 4.78 is 0. The van der Waals surface area contributed by atoms with Crippen molar-refractivity contribution in [1.82, 2.24) is 10.3 Å². The predicted octanol–water partition coefficient (Wildman–Crippen LogP) is 5.35. The van der Waals surface area contributed by atoms with Gasteiger partial charge in [-0.25, -0.2) is 4.98 Å². The van der Waals surface area contributed by atoms with Gasteiger partial charge in [0.15, 0.2) is 0 Å². The molecular formula is C18H30N2S. The Balaban J connectivity index is 1.71. The van der Waals surface area contributed by atoms with Gasteiger partial charge in [-0.05, 0) is 31.6 Å². The maximum atomic E-state index is 5.08. The molecule has 0 unspecified atom stereocenters. The maximum Gasteiger partial charge on any atom is 0.0962 e. The third-order valence-electron chi connectivity index (χ3n) is 4.87. The molecule has 2 saturated carbocycles. The van der Waals surface area contributed by atoms with Gasteiger partial charge in [0.1, 0.15) is 0 Å². The molecule has 1 aromatic rings. The van der Waals surface area contributed by atoms with Gasteiger partial charge in [-0.3, -0.25) is 0 Å². The fourth-order valence-corrected chi connectivity index (χ4v) is 4.70. The summed E-state index contributed by atoms with van der Waals surface area (Å²) in [5, 5.41) is 5.12. The highest BCUT2D eigenvalue weighted by Gasteiger charge is 2.24. The van der Waals surface area contributed by atoms with Gasteiger partial charge in [-0.2, -0.15) is 0 Å². The van der Waals surface area contributed by atoms with E-state index in [1.165, 1.54) is 73.4 Å². The highest BCUT2D eigenvalue weighted by atomic mass is 32.1. The van der Waals surface area contributed by atoms with Gasteiger partial charge < -0.3 is 5.32 Å². The molecule has 0 amide bonds. The number of aromatic nitrogens is 1. The summed E-state index contributed by atoms with van der Waals surface area (Å²) in [4.78, 5) is 6.59. The van der Waals surface area contributed by atoms with Crippen LogP contribution in [0.4, 0.5) is 0 Å². The van der Waals surface area contributed by atoms with E-state index in [4.69, 9.17) is 4.98 Å². The van der Waals surface area contributed by atoms with Crippen molar-refractivity contribution in [2.24, 2.45) is 0 Å². The molecule has 2 aliphatic carbocycles. The normalized spacial score (nSPS) is 21.5. The van der Waals surface area contributed by atoms with E-state index in [9.17, 15) is 0 Å². The molecule has 0 spiro atoms. The van der Waals surface area contributed by atoms with Gasteiger partial charge >= 0.3 is 0 Å². The number of nitrogens with zero attached hydrogens (tertiary/aromatic N) is 1. The molecule has 1 aromatic heterocycles. The molecule has 0 atom stereocenters. The molecule has 118 valence electrons. The largest absolute Gasteiger partial charge is 0.309 e. The Kier molecular flexibility index (Phi) is 5.33. The van der Waals surface area contributed by atoms with E-state index in [2.05, 4.69) is 19.2 Å². The van der Waals surface area contributed by atoms with Crippen LogP contribution in [0, 0.1) is 0 Å². The zero-order valence-corrected chi connectivity index (χ0v) is 14.5. The summed E-state index contributed by atoms with van der Waals surface area (Å²) >= 11 is 2.01. The predicted molar refractivity (Wildman–Crippen MR) is 91.1 cm³/mol. The Morgan fingerprint density at radius 3 is 2.33 bits per heavy atom. The number of rotatable bonds is 5. The van der Waals surface area contributed by atoms with Gasteiger partial charge in [-0.1, -0.05) is 46.0 Å². The average molecular weight is 307 g/mol. The van der Waals surface area contributed by atoms with Crippen molar-refractivity contribution >= 4 is 11.3 Å². The Hall–Kier alpha value is -0.410. The van der Waals surface area contributed by atoms with Crippen LogP contribution >= 0.6 is 11.3 Å². The summed E-state index contributed by atoms with van der Waals surface area (Å²) in [6.45, 7) is 5.62. The zero-order valence-electron chi connectivity index (χ0n) is 13.7. The Morgan fingerprint density at radius 1 is 1.05 bits per heavy atom. The van der Waals surface area contributed by atoms with Crippen LogP contribution in [0.3, 0.4) is 0 Å². The second-order valence-corrected chi connectivity index (χ2v) is 8.33. The second-order valence-electron chi connectivity index (χ2n) is 7.21. The fraction of sp³-hybridized carbons (Fsp3) is 0.833. The Morgan fingerprint density at radius 2 is 1.71 bits per heavy atom. The number of thiazole rings is 1. The number of hydrogen-bond acceptors (Lipinski definition) is 3. The Labute approximate surface area is 133 Å². The molecule has 0 bridgehead atoms. The van der Waals surface area contributed by atoms with Crippen molar-refractivity contribution in [2.75, 3.05) is 0 Å². The highest BCUT2D eigenvalue weighted by molar-refractivity contribution is 7.11. The van der Waals surface area contributed by atoms with E-state index in [1.807, 2.05) is 11.3 Å². The zero-order chi connectivity index (χ0) is 14.7. The molecule has 0 aliphatic heterocycles. The maximum absolute atomic E-state index is 5.08. The van der Waals surface area contributed by atoms with Gasteiger partial charge in [0.2, 0.25) is 0 Å². The first-order valence-corrected chi connectivity index (χ1v) is 9.78. The molecule has 0 saturated heterocycles. The summed E-state index contributed by atoms with van der Waals surface area (Å²) in [5.74, 6) is 1.29. The summed E-state index contributed by atoms with van der Waals surface area (Å²) in [6, 6.07) is 0.789. The lowest BCUT2D eigenvalue weighted by Gasteiger charge is -2.17. The van der Waals surface area contributed by atoms with Gasteiger partial charge in [0, 0.05) is 23.4 Å². The fourth-order valence-electron chi connectivity index (χ4n) is 3.36. The molecule has 1 N–H and O–H groups in total. The van der Waals surface area contributed by atoms with E-state index in [0.29, 0.717) is 5.92 Å². The first kappa shape index (κ1) is 15.5. The summed E-state index contributed by atoms with van der Waals surface area (Å²) in [7, 11) is 0. The van der Waals surface area contributed by atoms with Crippen LogP contribution in [-0.4, -0.2) is 11.0 Å². The smallest absolute Gasteiger partial charge is 0.0962 e. The molecule has 0 radical (unpaired) electrons. The lowest BCUT2D eigenvalue weighted by atomic mass is 9.91. The first-order valence-electron chi connectivity index (χ1n) is 8.97. The van der Waals surface area contributed by atoms with Crippen LogP contribution in [0.1, 0.15) is 99.0 Å². The van der Waals surface area contributed by atoms with Crippen LogP contribution in [0.2, 0.25) is 0 Å². The first-order chi connectivity index (χ1) is 10.2. The van der Waals surface area contributed by atoms with Crippen molar-refractivity contribution in [1.29, 1.82) is 0 Å². The number of hydrogen-bond donors (Lipinski definition) is 1. The van der Waals surface area contributed by atoms with E-state index in [-0.39, 0.29) is 0 Å². The molecule has 1 heterocycles. The van der Waals surface area contributed by atoms with Crippen LogP contribution in [0.25, 0.3) is 0 Å². The van der Waals surface area contributed by atoms with Crippen molar-refractivity contribution in [2.45, 2.75) is 96.1 Å². The van der Waals surface area contributed by atoms with E-state index in [0.717, 1.165) is 18.5 Å². The van der Waals surface area contributed by atoms with Gasteiger partial charge in [0.25, 0.3) is 0 Å². The van der Waals surface area contributed by atoms with Crippen molar-refractivity contribution < 1.29 is 0 Å². The quantitative estimate of drug-likeness (QED) is 0.793. The molecule has 0 aromatic carbocycles. The minimum atomic E-state index is 0.555. The third-order valence-corrected chi connectivity index (χ3v) is 6.11. The van der Waals surface area contributed by atoms with Crippen molar-refractivity contribution in [3.8, 4) is 0 Å². The minimum Gasteiger partial charge on any atom is -0.309 e. The van der Waals surface area contributed by atoms with E-state index < -0.39 is 0 Å². The number of nitrogens with one attached hydrogen (secondary N) is 1. The third kappa shape index (κ3) is 4.29. The van der Waals surface area contributed by atoms with Gasteiger partial charge in [0.05, 0.1) is 10.7 Å². The molecular weight excluding hydrogens is 276 g/mol. The van der Waals surface area contributed by atoms with Gasteiger partial charge in [-0.15, -0.1) is 11.3 Å². The van der Waals surface area contributed by atoms with Crippen LogP contribution in [0.15, 0.2) is 0 Å². The molecule has 3 heteroatoms. The molecule has 2 nitrogen and oxygen atoms in total. The average Bonchev–Trinajstić information content (AvgIpc) is 3.15. The topological polar surface area (TPSA) is 24.9 Å². The highest BCUT2D eigenvalue weighted by Crippen LogP contribution is 2.36. The lowest BCUT2D eigenvalue weighted by molar-refractivity contribution is 0.454. The summed E-state index contributed by atoms with van der Waals surface area (Å²) in [5.41, 5.74) is 1.37. The monoisotopic (exact) mass is 306 g/mol. The lowest BCUT2D eigenvalue weighted by Crippen LogP contribution is -2.15. The minimum absolute atomic E-state index is 0.555. The second kappa shape index (κ2) is 7.23. The molecule has 2 aliphatic rings. The SMILES string of the molecule is CC(C)c1nc(C2CCCCCCC2)sc1CNC1CC1. The van der Waals surface area contributed by atoms with Crippen LogP contribution in [0.5, 0.6) is 0 Å². The standard InChI is InChI=1S/C18H30N2S/c1-13(2)17-16(12-19-15-10-11-15)21-18(20-17)14-8-6-4-3-5-7-9-14/h13-15,19H,3-12H2,1-2H3. The van der Waals surface area contributed by atoms with Crippen LogP contribution in [-0.2, 0) is 6.54 Å². The molecule has 3 rings (SSSR count). The van der Waals surface area contributed by atoms with Crippen molar-refractivity contribution in [3.05, 3.63) is 15.6 Å². The summed E-state index contributed by atoms with van der Waals surface area (Å²) in [6.07, 6.45) is 12.5. The van der Waals surface area contributed by atoms with E-state index >= 15 is 0 Å². The molecule has 2 fully saturated rings. The Bertz CT molecular complexity index is 440. The van der Waals surface area contributed by atoms with Crippen LogP contribution < -0.4 is 5.32 Å². The van der Waals surface area contributed by atoms with Crippen molar-refractivity contribution in [3.63, 3.8) is 0 Å².